The normalized spacial score (nSPS) is 20.1. The Kier molecular flexibility index (Phi) is 5.02. The van der Waals surface area contributed by atoms with Gasteiger partial charge >= 0.3 is 0 Å². The van der Waals surface area contributed by atoms with E-state index in [4.69, 9.17) is 10.5 Å². The Hall–Kier alpha value is -1.47. The summed E-state index contributed by atoms with van der Waals surface area (Å²) in [5, 5.41) is 2.21. The van der Waals surface area contributed by atoms with Crippen LogP contribution in [0, 0.1) is 0 Å². The summed E-state index contributed by atoms with van der Waals surface area (Å²) in [6, 6.07) is -0.729. The minimum atomic E-state index is -1.07. The third-order valence-corrected chi connectivity index (χ3v) is 3.23. The molecule has 1 fully saturated rings. The Morgan fingerprint density at radius 1 is 1.53 bits per heavy atom. The van der Waals surface area contributed by atoms with Crippen LogP contribution in [0.1, 0.15) is 26.7 Å². The Bertz CT molecular complexity index is 381. The predicted octanol–water partition coefficient (Wildman–Crippen LogP) is -0.996. The maximum atomic E-state index is 12.2. The molecule has 1 saturated heterocycles. The van der Waals surface area contributed by atoms with E-state index < -0.39 is 23.4 Å². The average molecular weight is 271 g/mol. The van der Waals surface area contributed by atoms with E-state index in [-0.39, 0.29) is 12.5 Å². The monoisotopic (exact) mass is 271 g/mol. The van der Waals surface area contributed by atoms with Crippen LogP contribution in [0.15, 0.2) is 0 Å². The number of ether oxygens (including phenoxy) is 1. The second kappa shape index (κ2) is 6.12. The van der Waals surface area contributed by atoms with E-state index in [1.54, 1.807) is 21.0 Å². The number of nitrogens with two attached hydrogens (primary N) is 1. The van der Waals surface area contributed by atoms with Crippen LogP contribution in [0.25, 0.3) is 0 Å². The van der Waals surface area contributed by atoms with Crippen molar-refractivity contribution in [3.05, 3.63) is 0 Å². The highest BCUT2D eigenvalue weighted by Crippen LogP contribution is 2.19. The number of rotatable bonds is 5. The molecule has 0 saturated carbocycles. The minimum Gasteiger partial charge on any atom is -0.385 e. The second-order valence-corrected chi connectivity index (χ2v) is 5.10. The van der Waals surface area contributed by atoms with Crippen LogP contribution in [-0.2, 0) is 19.1 Å². The Balaban J connectivity index is 2.73. The van der Waals surface area contributed by atoms with Gasteiger partial charge in [-0.25, -0.2) is 0 Å². The molecule has 0 spiro atoms. The van der Waals surface area contributed by atoms with Crippen molar-refractivity contribution in [3.63, 3.8) is 0 Å². The van der Waals surface area contributed by atoms with E-state index in [9.17, 15) is 14.4 Å². The quantitative estimate of drug-likeness (QED) is 0.493. The van der Waals surface area contributed by atoms with E-state index in [0.717, 1.165) is 0 Å². The molecule has 0 aromatic carbocycles. The van der Waals surface area contributed by atoms with Gasteiger partial charge in [-0.15, -0.1) is 0 Å². The summed E-state index contributed by atoms with van der Waals surface area (Å²) in [5.41, 5.74) is 4.75. The van der Waals surface area contributed by atoms with Gasteiger partial charge in [-0.3, -0.25) is 19.7 Å². The van der Waals surface area contributed by atoms with E-state index in [1.165, 1.54) is 4.90 Å². The van der Waals surface area contributed by atoms with Gasteiger partial charge in [0, 0.05) is 13.7 Å². The van der Waals surface area contributed by atoms with E-state index in [1.807, 2.05) is 0 Å². The zero-order valence-electron chi connectivity index (χ0n) is 11.6. The first-order valence-electron chi connectivity index (χ1n) is 6.21. The molecule has 7 heteroatoms. The van der Waals surface area contributed by atoms with Crippen LogP contribution in [0.2, 0.25) is 0 Å². The Morgan fingerprint density at radius 2 is 2.16 bits per heavy atom. The molecule has 108 valence electrons. The number of methoxy groups -OCH3 is 1. The van der Waals surface area contributed by atoms with Gasteiger partial charge in [-0.1, -0.05) is 0 Å². The van der Waals surface area contributed by atoms with Crippen molar-refractivity contribution in [2.24, 2.45) is 5.73 Å². The zero-order chi connectivity index (χ0) is 14.6. The molecular formula is C12H21N3O4. The molecule has 1 aliphatic rings. The van der Waals surface area contributed by atoms with Gasteiger partial charge < -0.3 is 15.4 Å². The molecule has 0 aliphatic carbocycles. The van der Waals surface area contributed by atoms with Gasteiger partial charge in [-0.05, 0) is 26.7 Å². The zero-order valence-corrected chi connectivity index (χ0v) is 11.6. The summed E-state index contributed by atoms with van der Waals surface area (Å²) in [6.07, 6.45) is 1.10. The van der Waals surface area contributed by atoms with E-state index in [0.29, 0.717) is 19.4 Å². The number of hydrogen-bond donors (Lipinski definition) is 2. The van der Waals surface area contributed by atoms with E-state index in [2.05, 4.69) is 5.32 Å². The maximum absolute atomic E-state index is 12.2. The number of hydrogen-bond acceptors (Lipinski definition) is 5. The average Bonchev–Trinajstić information content (AvgIpc) is 2.33. The lowest BCUT2D eigenvalue weighted by Crippen LogP contribution is -2.67. The number of piperazine rings is 1. The number of nitrogens with one attached hydrogen (secondary N) is 1. The first-order valence-corrected chi connectivity index (χ1v) is 6.21. The van der Waals surface area contributed by atoms with Gasteiger partial charge in [0.1, 0.15) is 12.1 Å². The first-order chi connectivity index (χ1) is 8.80. The molecule has 1 atom stereocenters. The third kappa shape index (κ3) is 3.51. The molecular weight excluding hydrogens is 250 g/mol. The van der Waals surface area contributed by atoms with Crippen LogP contribution in [0.3, 0.4) is 0 Å². The summed E-state index contributed by atoms with van der Waals surface area (Å²) in [5.74, 6) is -1.35. The van der Waals surface area contributed by atoms with Crippen molar-refractivity contribution >= 4 is 17.7 Å². The van der Waals surface area contributed by atoms with Crippen molar-refractivity contribution in [1.82, 2.24) is 10.2 Å². The minimum absolute atomic E-state index is 0.143. The van der Waals surface area contributed by atoms with Gasteiger partial charge in [0.05, 0.1) is 6.04 Å². The number of nitrogens with zero attached hydrogens (tertiary/aromatic N) is 1. The van der Waals surface area contributed by atoms with Crippen molar-refractivity contribution in [3.8, 4) is 0 Å². The highest BCUT2D eigenvalue weighted by Gasteiger charge is 2.44. The molecule has 0 aromatic rings. The van der Waals surface area contributed by atoms with Crippen LogP contribution in [0.5, 0.6) is 0 Å². The molecule has 0 aromatic heterocycles. The number of amides is 3. The summed E-state index contributed by atoms with van der Waals surface area (Å²) < 4.78 is 4.89. The van der Waals surface area contributed by atoms with Crippen molar-refractivity contribution in [2.45, 2.75) is 38.3 Å². The molecule has 1 rings (SSSR count). The fourth-order valence-corrected chi connectivity index (χ4v) is 1.91. The molecule has 1 aliphatic heterocycles. The second-order valence-electron chi connectivity index (χ2n) is 5.10. The fraction of sp³-hybridized carbons (Fsp3) is 0.750. The van der Waals surface area contributed by atoms with Crippen LogP contribution in [0.4, 0.5) is 0 Å². The van der Waals surface area contributed by atoms with Gasteiger partial charge in [0.15, 0.2) is 0 Å². The van der Waals surface area contributed by atoms with Crippen LogP contribution < -0.4 is 11.1 Å². The molecule has 1 unspecified atom stereocenters. The molecule has 1 heterocycles. The van der Waals surface area contributed by atoms with Crippen molar-refractivity contribution in [2.75, 3.05) is 20.3 Å². The molecule has 0 bridgehead atoms. The number of imide groups is 1. The number of carbonyl (C=O) groups excluding carboxylic acids is 3. The predicted molar refractivity (Wildman–Crippen MR) is 68.0 cm³/mol. The van der Waals surface area contributed by atoms with Gasteiger partial charge in [0.2, 0.25) is 11.8 Å². The largest absolute Gasteiger partial charge is 0.385 e. The summed E-state index contributed by atoms with van der Waals surface area (Å²) >= 11 is 0. The lowest BCUT2D eigenvalue weighted by Gasteiger charge is -2.41. The smallest absolute Gasteiger partial charge is 0.252 e. The lowest BCUT2D eigenvalue weighted by atomic mass is 9.97. The Labute approximate surface area is 112 Å². The van der Waals surface area contributed by atoms with Gasteiger partial charge in [-0.2, -0.15) is 0 Å². The SMILES string of the molecule is COCCCC(N)C(=O)N1CC(=O)NC(=O)C1(C)C. The lowest BCUT2D eigenvalue weighted by molar-refractivity contribution is -0.156. The first kappa shape index (κ1) is 15.6. The highest BCUT2D eigenvalue weighted by atomic mass is 16.5. The summed E-state index contributed by atoms with van der Waals surface area (Å²) in [4.78, 5) is 36.6. The van der Waals surface area contributed by atoms with Crippen molar-refractivity contribution < 1.29 is 19.1 Å². The number of carbonyl (C=O) groups is 3. The molecule has 7 nitrogen and oxygen atoms in total. The summed E-state index contributed by atoms with van der Waals surface area (Å²) in [6.45, 7) is 3.56. The third-order valence-electron chi connectivity index (χ3n) is 3.23. The van der Waals surface area contributed by atoms with Gasteiger partial charge in [0.25, 0.3) is 5.91 Å². The molecule has 3 amide bonds. The molecule has 0 radical (unpaired) electrons. The molecule has 3 N–H and O–H groups in total. The topological polar surface area (TPSA) is 102 Å². The summed E-state index contributed by atoms with van der Waals surface area (Å²) in [7, 11) is 1.57. The standard InChI is InChI=1S/C12H21N3O4/c1-12(2)11(18)14-9(16)7-15(12)10(17)8(13)5-4-6-19-3/h8H,4-7,13H2,1-3H3,(H,14,16,18). The Morgan fingerprint density at radius 3 is 2.74 bits per heavy atom. The van der Waals surface area contributed by atoms with Crippen LogP contribution in [-0.4, -0.2) is 54.5 Å². The van der Waals surface area contributed by atoms with E-state index >= 15 is 0 Å². The van der Waals surface area contributed by atoms with Crippen molar-refractivity contribution in [1.29, 1.82) is 0 Å². The molecule has 19 heavy (non-hydrogen) atoms. The van der Waals surface area contributed by atoms with Crippen LogP contribution >= 0.6 is 0 Å². The maximum Gasteiger partial charge on any atom is 0.252 e. The highest BCUT2D eigenvalue weighted by molar-refractivity contribution is 6.06. The fourth-order valence-electron chi connectivity index (χ4n) is 1.91.